The molecule has 0 aromatic rings. The number of hydrogen-bond acceptors (Lipinski definition) is 8. The number of hydrogen-bond donors (Lipinski definition) is 2. The normalized spacial score (nSPS) is 15.0. The van der Waals surface area contributed by atoms with Crippen LogP contribution in [0.15, 0.2) is 0 Å². The molecule has 0 fully saturated rings. The molecule has 0 aliphatic rings. The molecule has 0 heterocycles. The molecule has 0 aliphatic carbocycles. The molecule has 1 atom stereocenters. The number of aliphatic hydroxyl groups is 2. The van der Waals surface area contributed by atoms with Crippen LogP contribution in [0.1, 0.15) is 33.6 Å². The van der Waals surface area contributed by atoms with Crippen molar-refractivity contribution in [3.63, 3.8) is 0 Å². The highest BCUT2D eigenvalue weighted by Gasteiger charge is 2.78. The van der Waals surface area contributed by atoms with Gasteiger partial charge in [0.05, 0.1) is 11.3 Å². The second kappa shape index (κ2) is 11.9. The highest BCUT2D eigenvalue weighted by atomic mass is 19.4. The highest BCUT2D eigenvalue weighted by molar-refractivity contribution is 5.82. The fourth-order valence-electron chi connectivity index (χ4n) is 2.39. The van der Waals surface area contributed by atoms with Gasteiger partial charge in [0.25, 0.3) is 0 Å². The summed E-state index contributed by atoms with van der Waals surface area (Å²) in [6.07, 6.45) is -27.6. The first-order valence-corrected chi connectivity index (χ1v) is 10.4. The van der Waals surface area contributed by atoms with E-state index in [9.17, 15) is 67.1 Å². The monoisotopic (exact) mass is 606 g/mol. The van der Waals surface area contributed by atoms with Crippen molar-refractivity contribution >= 4 is 17.9 Å². The molecule has 0 saturated carbocycles. The summed E-state index contributed by atoms with van der Waals surface area (Å²) in [4.78, 5) is 35.4. The Morgan fingerprint density at radius 1 is 0.615 bits per heavy atom. The van der Waals surface area contributed by atoms with Crippen LogP contribution in [0.3, 0.4) is 0 Å². The fourth-order valence-corrected chi connectivity index (χ4v) is 2.39. The van der Waals surface area contributed by atoms with Crippen LogP contribution in [0.4, 0.5) is 52.7 Å². The summed E-state index contributed by atoms with van der Waals surface area (Å²) in [6.45, 7) is -1.30. The molecule has 0 rings (SSSR count). The standard InChI is InChI=1S/C19H22F12O8/c1-4-9(3)10(32)37-6-13(5-2,7-38-11(33)14(35,16(20,21)22)17(23,24)25)8-39-12(34)15(36,18(26,27)28)19(29,30)31/h9,35-36H,4-8H2,1-3H3. The molecule has 0 spiro atoms. The van der Waals surface area contributed by atoms with E-state index in [4.69, 9.17) is 14.9 Å². The Balaban J connectivity index is 6.33. The molecule has 0 bridgehead atoms. The molecule has 2 N–H and O–H groups in total. The van der Waals surface area contributed by atoms with Crippen molar-refractivity contribution in [1.29, 1.82) is 0 Å². The van der Waals surface area contributed by atoms with Crippen LogP contribution >= 0.6 is 0 Å². The molecule has 0 aromatic carbocycles. The van der Waals surface area contributed by atoms with Gasteiger partial charge >= 0.3 is 53.8 Å². The van der Waals surface area contributed by atoms with Crippen molar-refractivity contribution < 1.29 is 91.5 Å². The zero-order valence-corrected chi connectivity index (χ0v) is 20.0. The topological polar surface area (TPSA) is 119 Å². The van der Waals surface area contributed by atoms with Crippen molar-refractivity contribution in [2.24, 2.45) is 11.3 Å². The van der Waals surface area contributed by atoms with E-state index >= 15 is 0 Å². The van der Waals surface area contributed by atoms with Crippen molar-refractivity contribution in [3.05, 3.63) is 0 Å². The second-order valence-electron chi connectivity index (χ2n) is 8.33. The minimum absolute atomic E-state index is 0.0936. The molecule has 0 amide bonds. The van der Waals surface area contributed by atoms with Gasteiger partial charge in [-0.2, -0.15) is 52.7 Å². The number of carbonyl (C=O) groups is 3. The average Bonchev–Trinajstić information content (AvgIpc) is 2.78. The molecule has 230 valence electrons. The predicted octanol–water partition coefficient (Wildman–Crippen LogP) is 3.77. The van der Waals surface area contributed by atoms with Gasteiger partial charge in [0.2, 0.25) is 0 Å². The van der Waals surface area contributed by atoms with Crippen molar-refractivity contribution in [3.8, 4) is 0 Å². The van der Waals surface area contributed by atoms with Gasteiger partial charge < -0.3 is 24.4 Å². The van der Waals surface area contributed by atoms with Crippen LogP contribution in [0.2, 0.25) is 0 Å². The highest BCUT2D eigenvalue weighted by Crippen LogP contribution is 2.45. The molecule has 0 aliphatic heterocycles. The maximum atomic E-state index is 12.9. The smallest absolute Gasteiger partial charge is 0.437 e. The van der Waals surface area contributed by atoms with E-state index in [0.29, 0.717) is 0 Å². The van der Waals surface area contributed by atoms with E-state index in [0.717, 1.165) is 6.92 Å². The average molecular weight is 606 g/mol. The number of ether oxygens (including phenoxy) is 3. The Bertz CT molecular complexity index is 794. The van der Waals surface area contributed by atoms with Gasteiger partial charge in [-0.15, -0.1) is 0 Å². The summed E-state index contributed by atoms with van der Waals surface area (Å²) in [6, 6.07) is 0. The maximum Gasteiger partial charge on any atom is 0.437 e. The maximum absolute atomic E-state index is 12.9. The third-order valence-electron chi connectivity index (χ3n) is 5.54. The first-order chi connectivity index (χ1) is 17.2. The Labute approximate surface area is 211 Å². The van der Waals surface area contributed by atoms with Gasteiger partial charge in [-0.05, 0) is 12.8 Å². The molecule has 39 heavy (non-hydrogen) atoms. The Morgan fingerprint density at radius 2 is 0.897 bits per heavy atom. The van der Waals surface area contributed by atoms with Crippen LogP contribution in [-0.2, 0) is 28.6 Å². The second-order valence-corrected chi connectivity index (χ2v) is 8.33. The molecule has 8 nitrogen and oxygen atoms in total. The molecular weight excluding hydrogens is 584 g/mol. The summed E-state index contributed by atoms with van der Waals surface area (Å²) in [5.41, 5.74) is -14.8. The lowest BCUT2D eigenvalue weighted by Gasteiger charge is -2.35. The number of esters is 3. The van der Waals surface area contributed by atoms with E-state index in [1.165, 1.54) is 13.8 Å². The van der Waals surface area contributed by atoms with Gasteiger partial charge in [0.1, 0.15) is 19.8 Å². The molecule has 0 radical (unpaired) electrons. The van der Waals surface area contributed by atoms with Crippen LogP contribution in [-0.4, -0.2) is 83.8 Å². The lowest BCUT2D eigenvalue weighted by Crippen LogP contribution is -2.64. The fraction of sp³-hybridized carbons (Fsp3) is 0.842. The Kier molecular flexibility index (Phi) is 11.2. The van der Waals surface area contributed by atoms with E-state index in [-0.39, 0.29) is 6.42 Å². The number of carbonyl (C=O) groups excluding carboxylic acids is 3. The molecule has 0 aromatic heterocycles. The van der Waals surface area contributed by atoms with Gasteiger partial charge in [0, 0.05) is 0 Å². The van der Waals surface area contributed by atoms with Gasteiger partial charge in [-0.3, -0.25) is 4.79 Å². The number of halogens is 12. The predicted molar refractivity (Wildman–Crippen MR) is 99.2 cm³/mol. The van der Waals surface area contributed by atoms with Gasteiger partial charge in [-0.25, -0.2) is 9.59 Å². The molecule has 20 heteroatoms. The molecule has 1 unspecified atom stereocenters. The first kappa shape index (κ1) is 36.5. The van der Waals surface area contributed by atoms with E-state index < -0.39 is 91.4 Å². The first-order valence-electron chi connectivity index (χ1n) is 10.4. The Hall–Kier alpha value is -2.51. The molecular formula is C19H22F12O8. The third kappa shape index (κ3) is 7.57. The third-order valence-corrected chi connectivity index (χ3v) is 5.54. The SMILES string of the molecule is CCC(C)C(=O)OCC(CC)(COC(=O)C(O)(C(F)(F)F)C(F)(F)F)COC(=O)C(O)(C(F)(F)F)C(F)(F)F. The largest absolute Gasteiger partial charge is 0.465 e. The zero-order chi connectivity index (χ0) is 31.5. The summed E-state index contributed by atoms with van der Waals surface area (Å²) in [7, 11) is 0. The van der Waals surface area contributed by atoms with Crippen molar-refractivity contribution in [1.82, 2.24) is 0 Å². The summed E-state index contributed by atoms with van der Waals surface area (Å²) >= 11 is 0. The number of rotatable bonds is 11. The lowest BCUT2D eigenvalue weighted by atomic mass is 9.87. The van der Waals surface area contributed by atoms with E-state index in [2.05, 4.69) is 9.47 Å². The van der Waals surface area contributed by atoms with Gasteiger partial charge in [0.15, 0.2) is 0 Å². The van der Waals surface area contributed by atoms with Crippen LogP contribution in [0.5, 0.6) is 0 Å². The minimum Gasteiger partial charge on any atom is -0.465 e. The number of alkyl halides is 12. The van der Waals surface area contributed by atoms with Crippen molar-refractivity contribution in [2.45, 2.75) is 69.5 Å². The molecule has 0 saturated heterocycles. The van der Waals surface area contributed by atoms with Crippen LogP contribution in [0.25, 0.3) is 0 Å². The van der Waals surface area contributed by atoms with E-state index in [1.807, 2.05) is 0 Å². The zero-order valence-electron chi connectivity index (χ0n) is 20.0. The Morgan fingerprint density at radius 3 is 1.13 bits per heavy atom. The van der Waals surface area contributed by atoms with E-state index in [1.54, 1.807) is 0 Å². The lowest BCUT2D eigenvalue weighted by molar-refractivity contribution is -0.357. The summed E-state index contributed by atoms with van der Waals surface area (Å²) in [5, 5.41) is 18.1. The van der Waals surface area contributed by atoms with Gasteiger partial charge in [-0.1, -0.05) is 20.8 Å². The summed E-state index contributed by atoms with van der Waals surface area (Å²) < 4.78 is 167. The minimum atomic E-state index is -6.72. The van der Waals surface area contributed by atoms with Crippen molar-refractivity contribution in [2.75, 3.05) is 19.8 Å². The quantitative estimate of drug-likeness (QED) is 0.207. The van der Waals surface area contributed by atoms with Crippen LogP contribution < -0.4 is 0 Å². The summed E-state index contributed by atoms with van der Waals surface area (Å²) in [5.74, 6) is -8.88. The van der Waals surface area contributed by atoms with Crippen LogP contribution in [0, 0.1) is 11.3 Å².